The molecule has 0 radical (unpaired) electrons. The third kappa shape index (κ3) is 3.21. The van der Waals surface area contributed by atoms with Gasteiger partial charge >= 0.3 is 0 Å². The van der Waals surface area contributed by atoms with Gasteiger partial charge in [-0.15, -0.1) is 0 Å². The Kier molecular flexibility index (Phi) is 5.31. The molecule has 0 saturated carbocycles. The molecule has 0 aliphatic carbocycles. The Morgan fingerprint density at radius 3 is 2.41 bits per heavy atom. The number of nitrogens with two attached hydrogens (primary N) is 1. The predicted octanol–water partition coefficient (Wildman–Crippen LogP) is 2.50. The third-order valence-corrected chi connectivity index (χ3v) is 4.65. The number of benzene rings is 3. The molecule has 3 aromatic carbocycles. The number of nitrogen functional groups attached to an aromatic ring is 1. The van der Waals surface area contributed by atoms with Gasteiger partial charge in [0.25, 0.3) is 0 Å². The van der Waals surface area contributed by atoms with Crippen LogP contribution in [0.2, 0.25) is 0 Å². The lowest BCUT2D eigenvalue weighted by atomic mass is 9.98. The van der Waals surface area contributed by atoms with Gasteiger partial charge in [-0.2, -0.15) is 4.57 Å². The van der Waals surface area contributed by atoms with Crippen LogP contribution in [0.5, 0.6) is 0 Å². The van der Waals surface area contributed by atoms with E-state index in [0.717, 1.165) is 45.2 Å². The number of hydrogen-bond acceptors (Lipinski definition) is 2. The summed E-state index contributed by atoms with van der Waals surface area (Å²) < 4.78 is 2.27. The molecule has 0 atom stereocenters. The molecule has 4 rings (SSSR count). The highest BCUT2D eigenvalue weighted by Gasteiger charge is 2.22. The minimum Gasteiger partial charge on any atom is -1.00 e. The summed E-state index contributed by atoms with van der Waals surface area (Å²) in [6.07, 6.45) is 0. The number of halogens is 1. The van der Waals surface area contributed by atoms with E-state index in [2.05, 4.69) is 39.7 Å². The number of fused-ring (bicyclic) bond motifs is 3. The number of rotatable bonds is 3. The molecule has 134 valence electrons. The zero-order valence-electron chi connectivity index (χ0n) is 14.8. The minimum absolute atomic E-state index is 0. The molecule has 0 amide bonds. The molecule has 0 saturated heterocycles. The van der Waals surface area contributed by atoms with Gasteiger partial charge in [0, 0.05) is 33.3 Å². The van der Waals surface area contributed by atoms with Crippen molar-refractivity contribution < 1.29 is 21.5 Å². The second-order valence-electron chi connectivity index (χ2n) is 6.15. The van der Waals surface area contributed by atoms with Crippen LogP contribution in [-0.2, 0) is 6.54 Å². The van der Waals surface area contributed by atoms with Crippen LogP contribution in [0.25, 0.3) is 43.4 Å². The van der Waals surface area contributed by atoms with Crippen LogP contribution < -0.4 is 27.3 Å². The van der Waals surface area contributed by atoms with E-state index in [1.54, 1.807) is 0 Å². The van der Waals surface area contributed by atoms with Crippen molar-refractivity contribution >= 4 is 33.1 Å². The molecule has 6 heteroatoms. The molecule has 0 aliphatic rings. The van der Waals surface area contributed by atoms with Crippen molar-refractivity contribution in [1.82, 2.24) is 0 Å². The van der Waals surface area contributed by atoms with Crippen molar-refractivity contribution in [3.63, 3.8) is 0 Å². The van der Waals surface area contributed by atoms with Crippen molar-refractivity contribution in [1.29, 1.82) is 0 Å². The van der Waals surface area contributed by atoms with Crippen LogP contribution in [0.15, 0.2) is 71.8 Å². The van der Waals surface area contributed by atoms with Crippen LogP contribution in [0.3, 0.4) is 0 Å². The lowest BCUT2D eigenvalue weighted by molar-refractivity contribution is -0.655. The van der Waals surface area contributed by atoms with Gasteiger partial charge in [-0.25, -0.2) is 0 Å². The fraction of sp³-hybridized carbons (Fsp3) is 0.0952. The maximum Gasteiger partial charge on any atom is 0.220 e. The van der Waals surface area contributed by atoms with Crippen LogP contribution in [0, 0.1) is 0 Å². The summed E-state index contributed by atoms with van der Waals surface area (Å²) in [5.41, 5.74) is 19.5. The van der Waals surface area contributed by atoms with Crippen molar-refractivity contribution in [2.75, 3.05) is 5.73 Å². The second kappa shape index (κ2) is 7.66. The average molecular weight is 420 g/mol. The van der Waals surface area contributed by atoms with E-state index in [9.17, 15) is 0 Å². The maximum absolute atomic E-state index is 8.82. The lowest BCUT2D eigenvalue weighted by Gasteiger charge is -2.12. The zero-order valence-corrected chi connectivity index (χ0v) is 16.4. The summed E-state index contributed by atoms with van der Waals surface area (Å²) in [6.45, 7) is 2.92. The number of pyridine rings is 1. The highest BCUT2D eigenvalue weighted by Crippen LogP contribution is 2.34. The molecule has 1 aromatic heterocycles. The normalized spacial score (nSPS) is 10.4. The molecule has 0 bridgehead atoms. The van der Waals surface area contributed by atoms with E-state index in [-0.39, 0.29) is 17.0 Å². The number of aryl methyl sites for hydroxylation is 1. The Hall–Kier alpha value is -3.08. The first-order valence-corrected chi connectivity index (χ1v) is 8.52. The molecule has 0 fully saturated rings. The smallest absolute Gasteiger partial charge is 0.220 e. The summed E-state index contributed by atoms with van der Waals surface area (Å²) in [5.74, 6) is 0. The number of hydrogen-bond donors (Lipinski definition) is 1. The third-order valence-electron chi connectivity index (χ3n) is 4.65. The fourth-order valence-corrected chi connectivity index (χ4v) is 3.58. The molecular formula is C21H18BrN5. The van der Waals surface area contributed by atoms with E-state index in [1.807, 2.05) is 48.5 Å². The molecule has 27 heavy (non-hydrogen) atoms. The second-order valence-corrected chi connectivity index (χ2v) is 6.15. The number of azide groups is 1. The van der Waals surface area contributed by atoms with E-state index in [1.165, 1.54) is 0 Å². The van der Waals surface area contributed by atoms with Crippen molar-refractivity contribution in [2.24, 2.45) is 5.11 Å². The summed E-state index contributed by atoms with van der Waals surface area (Å²) in [7, 11) is 0. The van der Waals surface area contributed by atoms with E-state index < -0.39 is 0 Å². The van der Waals surface area contributed by atoms with Gasteiger partial charge in [0.15, 0.2) is 0 Å². The molecule has 0 unspecified atom stereocenters. The molecular weight excluding hydrogens is 402 g/mol. The van der Waals surface area contributed by atoms with E-state index >= 15 is 0 Å². The molecule has 1 heterocycles. The van der Waals surface area contributed by atoms with Gasteiger partial charge in [0.1, 0.15) is 6.54 Å². The Morgan fingerprint density at radius 2 is 1.70 bits per heavy atom. The van der Waals surface area contributed by atoms with Gasteiger partial charge in [-0.1, -0.05) is 35.4 Å². The highest BCUT2D eigenvalue weighted by molar-refractivity contribution is 6.10. The van der Waals surface area contributed by atoms with Crippen LogP contribution in [0.1, 0.15) is 6.92 Å². The predicted molar refractivity (Wildman–Crippen MR) is 106 cm³/mol. The van der Waals surface area contributed by atoms with E-state index in [4.69, 9.17) is 11.3 Å². The minimum atomic E-state index is 0. The van der Waals surface area contributed by atoms with Gasteiger partial charge in [0.2, 0.25) is 11.2 Å². The Balaban J connectivity index is 0.00000210. The van der Waals surface area contributed by atoms with Gasteiger partial charge in [-0.3, -0.25) is 0 Å². The summed E-state index contributed by atoms with van der Waals surface area (Å²) in [4.78, 5) is 2.93. The lowest BCUT2D eigenvalue weighted by Crippen LogP contribution is -3.00. The first kappa shape index (κ1) is 18.7. The summed E-state index contributed by atoms with van der Waals surface area (Å²) in [5, 5.41) is 7.09. The number of anilines is 1. The summed E-state index contributed by atoms with van der Waals surface area (Å²) >= 11 is 0. The SMILES string of the molecule is CC[n+]1c(-c2ccccc2)c2cc(N=[N+]=[N-])ccc2c2ccc(N)cc21.[Br-]. The fourth-order valence-electron chi connectivity index (χ4n) is 3.58. The Bertz CT molecular complexity index is 1180. The Labute approximate surface area is 167 Å². The molecule has 0 spiro atoms. The van der Waals surface area contributed by atoms with E-state index in [0.29, 0.717) is 5.69 Å². The van der Waals surface area contributed by atoms with Crippen LogP contribution >= 0.6 is 0 Å². The first-order chi connectivity index (χ1) is 12.7. The Morgan fingerprint density at radius 1 is 0.963 bits per heavy atom. The standard InChI is InChI=1S/C21H17N5.BrH/c1-2-26-20-12-15(22)8-10-18(20)17-11-9-16(24-25-23)13-19(17)21(26)14-6-4-3-5-7-14;/h3-13,22H,2H2,1H3;1H. The molecule has 5 nitrogen and oxygen atoms in total. The molecule has 4 aromatic rings. The molecule has 2 N–H and O–H groups in total. The zero-order chi connectivity index (χ0) is 18.1. The quantitative estimate of drug-likeness (QED) is 0.136. The van der Waals surface area contributed by atoms with Crippen molar-refractivity contribution in [3.05, 3.63) is 77.2 Å². The van der Waals surface area contributed by atoms with Crippen molar-refractivity contribution in [2.45, 2.75) is 13.5 Å². The maximum atomic E-state index is 8.82. The number of aromatic nitrogens is 1. The van der Waals surface area contributed by atoms with Gasteiger partial charge < -0.3 is 22.7 Å². The largest absolute Gasteiger partial charge is 1.00 e. The van der Waals surface area contributed by atoms with Gasteiger partial charge in [0.05, 0.1) is 10.8 Å². The first-order valence-electron chi connectivity index (χ1n) is 8.52. The highest BCUT2D eigenvalue weighted by atomic mass is 79.9. The average Bonchev–Trinajstić information content (AvgIpc) is 2.67. The molecule has 0 aliphatic heterocycles. The summed E-state index contributed by atoms with van der Waals surface area (Å²) in [6, 6.07) is 22.1. The van der Waals surface area contributed by atoms with Crippen LogP contribution in [0.4, 0.5) is 11.4 Å². The van der Waals surface area contributed by atoms with Gasteiger partial charge in [-0.05, 0) is 42.8 Å². The van der Waals surface area contributed by atoms with Crippen molar-refractivity contribution in [3.8, 4) is 11.3 Å². The number of nitrogens with zero attached hydrogens (tertiary/aromatic N) is 4. The monoisotopic (exact) mass is 419 g/mol. The topological polar surface area (TPSA) is 78.7 Å². The van der Waals surface area contributed by atoms with Crippen LogP contribution in [-0.4, -0.2) is 0 Å².